The van der Waals surface area contributed by atoms with Gasteiger partial charge in [-0.05, 0) is 30.3 Å². The number of rotatable bonds is 3. The highest BCUT2D eigenvalue weighted by atomic mass is 35.5. The zero-order valence-electron chi connectivity index (χ0n) is 12.6. The lowest BCUT2D eigenvalue weighted by atomic mass is 10.2. The number of hydrogen-bond donors (Lipinski definition) is 0. The second-order valence-corrected chi connectivity index (χ2v) is 5.23. The van der Waals surface area contributed by atoms with Crippen molar-refractivity contribution in [2.24, 2.45) is 0 Å². The van der Waals surface area contributed by atoms with Gasteiger partial charge < -0.3 is 9.15 Å². The average Bonchev–Trinajstić information content (AvgIpc) is 2.54. The highest BCUT2D eigenvalue weighted by Crippen LogP contribution is 2.26. The first-order chi connectivity index (χ1) is 11.9. The fraction of sp³-hybridized carbons (Fsp3) is 0.0625. The quantitative estimate of drug-likeness (QED) is 0.712. The van der Waals surface area contributed by atoms with Crippen molar-refractivity contribution in [3.05, 3.63) is 74.1 Å². The van der Waals surface area contributed by atoms with Gasteiger partial charge in [-0.3, -0.25) is 0 Å². The third-order valence-corrected chi connectivity index (χ3v) is 3.62. The Morgan fingerprint density at radius 2 is 1.84 bits per heavy atom. The molecule has 0 amide bonds. The summed E-state index contributed by atoms with van der Waals surface area (Å²) in [7, 11) is 1.40. The molecule has 0 aliphatic carbocycles. The number of halogens is 3. The van der Waals surface area contributed by atoms with Gasteiger partial charge >= 0.3 is 11.4 Å². The van der Waals surface area contributed by atoms with Crippen molar-refractivity contribution < 1.29 is 17.9 Å². The summed E-state index contributed by atoms with van der Waals surface area (Å²) in [6, 6.07) is 7.16. The Balaban J connectivity index is 2.19. The first kappa shape index (κ1) is 16.8. The summed E-state index contributed by atoms with van der Waals surface area (Å²) >= 11 is 5.96. The van der Waals surface area contributed by atoms with Crippen LogP contribution in [0.1, 0.15) is 0 Å². The van der Waals surface area contributed by atoms with E-state index in [4.69, 9.17) is 20.8 Å². The van der Waals surface area contributed by atoms with Crippen LogP contribution in [0.2, 0.25) is 5.02 Å². The van der Waals surface area contributed by atoms with Gasteiger partial charge in [-0.1, -0.05) is 17.7 Å². The maximum Gasteiger partial charge on any atom is 0.429 e. The summed E-state index contributed by atoms with van der Waals surface area (Å²) < 4.78 is 37.9. The fourth-order valence-corrected chi connectivity index (χ4v) is 2.44. The third kappa shape index (κ3) is 3.03. The summed E-state index contributed by atoms with van der Waals surface area (Å²) in [6.45, 7) is 0. The molecule has 9 heteroatoms. The van der Waals surface area contributed by atoms with Gasteiger partial charge in [-0.15, -0.1) is 0 Å². The molecule has 0 atom stereocenters. The van der Waals surface area contributed by atoms with Crippen LogP contribution < -0.4 is 16.2 Å². The minimum absolute atomic E-state index is 0.0672. The van der Waals surface area contributed by atoms with Crippen molar-refractivity contribution in [3.8, 4) is 22.9 Å². The molecule has 0 aliphatic heterocycles. The lowest BCUT2D eigenvalue weighted by Gasteiger charge is -2.08. The molecule has 0 saturated carbocycles. The van der Waals surface area contributed by atoms with E-state index in [1.54, 1.807) is 0 Å². The van der Waals surface area contributed by atoms with Crippen molar-refractivity contribution in [3.63, 3.8) is 0 Å². The van der Waals surface area contributed by atoms with Gasteiger partial charge in [0, 0.05) is 0 Å². The summed E-state index contributed by atoms with van der Waals surface area (Å²) in [5, 5.41) is 0.149. The SMILES string of the molecule is COc1ccc(-n2c(=O)nc(-c3c(F)cccc3F)oc2=O)cc1Cl. The van der Waals surface area contributed by atoms with Crippen molar-refractivity contribution in [1.82, 2.24) is 9.55 Å². The molecule has 25 heavy (non-hydrogen) atoms. The van der Waals surface area contributed by atoms with Crippen molar-refractivity contribution in [2.75, 3.05) is 7.11 Å². The second kappa shape index (κ2) is 6.48. The van der Waals surface area contributed by atoms with E-state index in [9.17, 15) is 18.4 Å². The molecule has 3 rings (SSSR count). The standard InChI is InChI=1S/C16H9ClF2N2O4/c1-24-12-6-5-8(7-9(12)17)21-15(22)20-14(25-16(21)23)13-10(18)3-2-4-11(13)19/h2-7H,1H3. The number of hydrogen-bond acceptors (Lipinski definition) is 5. The van der Waals surface area contributed by atoms with Crippen molar-refractivity contribution in [1.29, 1.82) is 0 Å². The summed E-state index contributed by atoms with van der Waals surface area (Å²) in [5.74, 6) is -3.61. The molecule has 2 aromatic carbocycles. The molecular formula is C16H9ClF2N2O4. The molecule has 1 aromatic heterocycles. The number of nitrogens with zero attached hydrogens (tertiary/aromatic N) is 2. The van der Waals surface area contributed by atoms with Crippen molar-refractivity contribution in [2.45, 2.75) is 0 Å². The summed E-state index contributed by atoms with van der Waals surface area (Å²) in [4.78, 5) is 27.8. The Morgan fingerprint density at radius 3 is 2.40 bits per heavy atom. The van der Waals surface area contributed by atoms with Crippen LogP contribution in [0.3, 0.4) is 0 Å². The van der Waals surface area contributed by atoms with Gasteiger partial charge in [0.05, 0.1) is 17.8 Å². The molecule has 0 radical (unpaired) electrons. The topological polar surface area (TPSA) is 74.3 Å². The van der Waals surface area contributed by atoms with Crippen LogP contribution in [0.4, 0.5) is 8.78 Å². The molecule has 6 nitrogen and oxygen atoms in total. The fourth-order valence-electron chi connectivity index (χ4n) is 2.19. The molecule has 0 unspecified atom stereocenters. The van der Waals surface area contributed by atoms with Crippen LogP contribution in [0.5, 0.6) is 5.75 Å². The molecule has 1 heterocycles. The molecule has 0 aliphatic rings. The van der Waals surface area contributed by atoms with Crippen LogP contribution in [-0.4, -0.2) is 16.7 Å². The van der Waals surface area contributed by atoms with E-state index >= 15 is 0 Å². The third-order valence-electron chi connectivity index (χ3n) is 3.33. The van der Waals surface area contributed by atoms with Gasteiger partial charge in [-0.25, -0.2) is 18.4 Å². The van der Waals surface area contributed by atoms with Crippen LogP contribution >= 0.6 is 11.6 Å². The van der Waals surface area contributed by atoms with Crippen LogP contribution in [0, 0.1) is 11.6 Å². The van der Waals surface area contributed by atoms with Gasteiger partial charge in [0.25, 0.3) is 0 Å². The summed E-state index contributed by atoms with van der Waals surface area (Å²) in [6.07, 6.45) is 0. The highest BCUT2D eigenvalue weighted by molar-refractivity contribution is 6.32. The van der Waals surface area contributed by atoms with E-state index in [1.165, 1.54) is 25.3 Å². The number of ether oxygens (including phenoxy) is 1. The Kier molecular flexibility index (Phi) is 4.37. The van der Waals surface area contributed by atoms with E-state index in [0.717, 1.165) is 18.2 Å². The number of methoxy groups -OCH3 is 1. The van der Waals surface area contributed by atoms with E-state index < -0.39 is 34.5 Å². The Bertz CT molecular complexity index is 1030. The first-order valence-electron chi connectivity index (χ1n) is 6.85. The molecule has 0 N–H and O–H groups in total. The maximum atomic E-state index is 13.8. The molecule has 0 fully saturated rings. The Labute approximate surface area is 143 Å². The van der Waals surface area contributed by atoms with Gasteiger partial charge in [-0.2, -0.15) is 9.55 Å². The van der Waals surface area contributed by atoms with E-state index in [2.05, 4.69) is 4.98 Å². The monoisotopic (exact) mass is 366 g/mol. The molecule has 128 valence electrons. The van der Waals surface area contributed by atoms with Crippen LogP contribution in [0.25, 0.3) is 17.1 Å². The Hall–Kier alpha value is -3.00. The van der Waals surface area contributed by atoms with Crippen LogP contribution in [0.15, 0.2) is 50.4 Å². The molecular weight excluding hydrogens is 358 g/mol. The Morgan fingerprint density at radius 1 is 1.16 bits per heavy atom. The molecule has 0 spiro atoms. The van der Waals surface area contributed by atoms with E-state index in [1.807, 2.05) is 0 Å². The first-order valence-corrected chi connectivity index (χ1v) is 7.22. The lowest BCUT2D eigenvalue weighted by molar-refractivity contribution is 0.414. The van der Waals surface area contributed by atoms with E-state index in [-0.39, 0.29) is 10.7 Å². The van der Waals surface area contributed by atoms with Gasteiger partial charge in [0.2, 0.25) is 5.89 Å². The number of aromatic nitrogens is 2. The predicted molar refractivity (Wildman–Crippen MR) is 85.3 cm³/mol. The van der Waals surface area contributed by atoms with Gasteiger partial charge in [0.15, 0.2) is 0 Å². The van der Waals surface area contributed by atoms with Crippen LogP contribution in [-0.2, 0) is 0 Å². The normalized spacial score (nSPS) is 10.7. The molecule has 0 saturated heterocycles. The minimum atomic E-state index is -1.17. The second-order valence-electron chi connectivity index (χ2n) is 4.82. The minimum Gasteiger partial charge on any atom is -0.495 e. The smallest absolute Gasteiger partial charge is 0.429 e. The highest BCUT2D eigenvalue weighted by Gasteiger charge is 2.19. The number of benzene rings is 2. The molecule has 3 aromatic rings. The largest absolute Gasteiger partial charge is 0.495 e. The van der Waals surface area contributed by atoms with E-state index in [0.29, 0.717) is 10.3 Å². The molecule has 0 bridgehead atoms. The zero-order chi connectivity index (χ0) is 18.1. The lowest BCUT2D eigenvalue weighted by Crippen LogP contribution is -2.33. The maximum absolute atomic E-state index is 13.8. The van der Waals surface area contributed by atoms with Crippen molar-refractivity contribution >= 4 is 11.6 Å². The predicted octanol–water partition coefficient (Wildman–Crippen LogP) is 2.79. The van der Waals surface area contributed by atoms with Gasteiger partial charge in [0.1, 0.15) is 22.9 Å². The zero-order valence-corrected chi connectivity index (χ0v) is 13.4. The average molecular weight is 367 g/mol. The summed E-state index contributed by atoms with van der Waals surface area (Å²) in [5.41, 5.74) is -1.70.